The van der Waals surface area contributed by atoms with Crippen LogP contribution in [0, 0.1) is 0 Å². The highest BCUT2D eigenvalue weighted by Crippen LogP contribution is 2.27. The number of rotatable bonds is 4. The van der Waals surface area contributed by atoms with Gasteiger partial charge in [0.2, 0.25) is 5.91 Å². The van der Waals surface area contributed by atoms with Crippen LogP contribution in [0.3, 0.4) is 0 Å². The molecule has 1 N–H and O–H groups in total. The smallest absolute Gasteiger partial charge is 0.273 e. The van der Waals surface area contributed by atoms with Gasteiger partial charge in [0.1, 0.15) is 11.5 Å². The maximum Gasteiger partial charge on any atom is 0.273 e. The molecule has 0 saturated carbocycles. The zero-order valence-electron chi connectivity index (χ0n) is 17.2. The van der Waals surface area contributed by atoms with E-state index in [9.17, 15) is 9.59 Å². The monoisotopic (exact) mass is 427 g/mol. The van der Waals surface area contributed by atoms with Gasteiger partial charge in [0.25, 0.3) is 5.91 Å². The molecule has 0 bridgehead atoms. The number of imidazole rings is 1. The summed E-state index contributed by atoms with van der Waals surface area (Å²) in [4.78, 5) is 34.1. The first-order valence-corrected chi connectivity index (χ1v) is 10.6. The second-order valence-electron chi connectivity index (χ2n) is 7.84. The van der Waals surface area contributed by atoms with Crippen LogP contribution in [-0.2, 0) is 11.3 Å². The molecule has 1 fully saturated rings. The minimum absolute atomic E-state index is 0.0147. The van der Waals surface area contributed by atoms with Crippen LogP contribution in [0.4, 0.5) is 5.69 Å². The molecule has 2 aliphatic heterocycles. The number of carbonyl (C=O) groups excluding carboxylic acids is 2. The fourth-order valence-electron chi connectivity index (χ4n) is 4.20. The van der Waals surface area contributed by atoms with E-state index in [1.165, 1.54) is 0 Å². The largest absolute Gasteiger partial charge is 0.327 e. The first kappa shape index (κ1) is 20.6. The molecule has 2 aromatic rings. The Balaban J connectivity index is 1.47. The van der Waals surface area contributed by atoms with E-state index >= 15 is 0 Å². The molecule has 0 spiro atoms. The van der Waals surface area contributed by atoms with Crippen LogP contribution in [-0.4, -0.2) is 57.3 Å². The van der Waals surface area contributed by atoms with E-state index < -0.39 is 0 Å². The number of likely N-dealkylation sites (tertiary alicyclic amines) is 1. The normalized spacial score (nSPS) is 21.8. The van der Waals surface area contributed by atoms with Crippen molar-refractivity contribution in [3.63, 3.8) is 0 Å². The Morgan fingerprint density at radius 3 is 2.77 bits per heavy atom. The van der Waals surface area contributed by atoms with Crippen LogP contribution >= 0.6 is 11.6 Å². The standard InChI is InChI=1S/C22H26ClN5O2/c1-15-21-24-14-19(22(30)25-18-8-4-3-7-17(18)23)28(21)13-12-27(15)20(29)10-9-16-6-5-11-26(16)2/h3-4,7-10,14-16H,5-6,11-13H2,1-2H3,(H,25,30)/b10-9+. The summed E-state index contributed by atoms with van der Waals surface area (Å²) < 4.78 is 1.88. The van der Waals surface area contributed by atoms with E-state index in [1.54, 1.807) is 24.4 Å². The predicted molar refractivity (Wildman–Crippen MR) is 117 cm³/mol. The summed E-state index contributed by atoms with van der Waals surface area (Å²) in [5.74, 6) is 0.433. The van der Waals surface area contributed by atoms with Crippen molar-refractivity contribution >= 4 is 29.1 Å². The van der Waals surface area contributed by atoms with Crippen LogP contribution in [0.2, 0.25) is 5.02 Å². The molecular weight excluding hydrogens is 402 g/mol. The average Bonchev–Trinajstić information content (AvgIpc) is 3.34. The van der Waals surface area contributed by atoms with E-state index in [-0.39, 0.29) is 17.9 Å². The van der Waals surface area contributed by atoms with Gasteiger partial charge in [-0.15, -0.1) is 0 Å². The molecule has 8 heteroatoms. The second-order valence-corrected chi connectivity index (χ2v) is 8.25. The van der Waals surface area contributed by atoms with E-state index in [2.05, 4.69) is 22.2 Å². The lowest BCUT2D eigenvalue weighted by Gasteiger charge is -2.33. The fraction of sp³-hybridized carbons (Fsp3) is 0.409. The van der Waals surface area contributed by atoms with Crippen LogP contribution < -0.4 is 5.32 Å². The van der Waals surface area contributed by atoms with Crippen molar-refractivity contribution < 1.29 is 9.59 Å². The number of carbonyl (C=O) groups is 2. The van der Waals surface area contributed by atoms with Gasteiger partial charge in [0.15, 0.2) is 0 Å². The first-order valence-electron chi connectivity index (χ1n) is 10.3. The van der Waals surface area contributed by atoms with Crippen LogP contribution in [0.5, 0.6) is 0 Å². The maximum atomic E-state index is 12.8. The molecule has 7 nitrogen and oxygen atoms in total. The number of fused-ring (bicyclic) bond motifs is 1. The van der Waals surface area contributed by atoms with Crippen molar-refractivity contribution in [2.24, 2.45) is 0 Å². The number of halogens is 1. The van der Waals surface area contributed by atoms with Gasteiger partial charge in [0.05, 0.1) is 22.9 Å². The summed E-state index contributed by atoms with van der Waals surface area (Å²) >= 11 is 6.15. The molecule has 3 heterocycles. The van der Waals surface area contributed by atoms with Gasteiger partial charge in [-0.2, -0.15) is 0 Å². The summed E-state index contributed by atoms with van der Waals surface area (Å²) in [5.41, 5.74) is 1.02. The molecule has 0 aliphatic carbocycles. The Hall–Kier alpha value is -2.64. The quantitative estimate of drug-likeness (QED) is 0.759. The summed E-state index contributed by atoms with van der Waals surface area (Å²) in [5, 5.41) is 3.32. The zero-order chi connectivity index (χ0) is 21.3. The third-order valence-electron chi connectivity index (χ3n) is 5.97. The molecule has 1 aromatic carbocycles. The summed E-state index contributed by atoms with van der Waals surface area (Å²) in [7, 11) is 2.09. The van der Waals surface area contributed by atoms with Gasteiger partial charge in [-0.1, -0.05) is 29.8 Å². The average molecular weight is 428 g/mol. The minimum atomic E-state index is -0.266. The van der Waals surface area contributed by atoms with Crippen molar-refractivity contribution in [2.75, 3.05) is 25.5 Å². The van der Waals surface area contributed by atoms with E-state index in [0.717, 1.165) is 19.4 Å². The number of aromatic nitrogens is 2. The fourth-order valence-corrected chi connectivity index (χ4v) is 4.38. The van der Waals surface area contributed by atoms with Crippen molar-refractivity contribution in [1.29, 1.82) is 0 Å². The highest BCUT2D eigenvalue weighted by Gasteiger charge is 2.31. The third-order valence-corrected chi connectivity index (χ3v) is 6.30. The topological polar surface area (TPSA) is 70.5 Å². The van der Waals surface area contributed by atoms with Crippen molar-refractivity contribution in [3.05, 3.63) is 59.2 Å². The van der Waals surface area contributed by atoms with E-state index in [0.29, 0.717) is 41.4 Å². The number of nitrogens with one attached hydrogen (secondary N) is 1. The molecule has 2 aliphatic rings. The number of hydrogen-bond acceptors (Lipinski definition) is 4. The molecule has 2 amide bonds. The van der Waals surface area contributed by atoms with Crippen molar-refractivity contribution in [3.8, 4) is 0 Å². The SMILES string of the molecule is CC1c2ncc(C(=O)Nc3ccccc3Cl)n2CCN1C(=O)/C=C/C1CCCN1C. The van der Waals surface area contributed by atoms with Gasteiger partial charge in [0, 0.05) is 25.2 Å². The molecule has 0 radical (unpaired) electrons. The molecule has 1 saturated heterocycles. The lowest BCUT2D eigenvalue weighted by molar-refractivity contribution is -0.129. The highest BCUT2D eigenvalue weighted by atomic mass is 35.5. The number of benzene rings is 1. The predicted octanol–water partition coefficient (Wildman–Crippen LogP) is 3.34. The highest BCUT2D eigenvalue weighted by molar-refractivity contribution is 6.33. The first-order chi connectivity index (χ1) is 14.5. The third kappa shape index (κ3) is 4.00. The zero-order valence-corrected chi connectivity index (χ0v) is 18.0. The van der Waals surface area contributed by atoms with Gasteiger partial charge >= 0.3 is 0 Å². The Labute approximate surface area is 181 Å². The second kappa shape index (κ2) is 8.62. The number of nitrogens with zero attached hydrogens (tertiary/aromatic N) is 4. The number of anilines is 1. The summed E-state index contributed by atoms with van der Waals surface area (Å²) in [6.45, 7) is 4.06. The number of amides is 2. The van der Waals surface area contributed by atoms with E-state index in [1.807, 2.05) is 34.6 Å². The van der Waals surface area contributed by atoms with Crippen molar-refractivity contribution in [1.82, 2.24) is 19.4 Å². The minimum Gasteiger partial charge on any atom is -0.327 e. The number of hydrogen-bond donors (Lipinski definition) is 1. The Bertz CT molecular complexity index is 986. The molecule has 30 heavy (non-hydrogen) atoms. The lowest BCUT2D eigenvalue weighted by atomic mass is 10.1. The van der Waals surface area contributed by atoms with Crippen LogP contribution in [0.1, 0.15) is 42.1 Å². The molecule has 158 valence electrons. The Morgan fingerprint density at radius 1 is 1.23 bits per heavy atom. The number of likely N-dealkylation sites (N-methyl/N-ethyl adjacent to an activating group) is 1. The molecule has 2 unspecified atom stereocenters. The van der Waals surface area contributed by atoms with Gasteiger partial charge in [-0.3, -0.25) is 14.5 Å². The molecule has 2 atom stereocenters. The van der Waals surface area contributed by atoms with Crippen molar-refractivity contribution in [2.45, 2.75) is 38.4 Å². The van der Waals surface area contributed by atoms with E-state index in [4.69, 9.17) is 11.6 Å². The molecule has 4 rings (SSSR count). The summed E-state index contributed by atoms with van der Waals surface area (Å²) in [6.07, 6.45) is 7.51. The maximum absolute atomic E-state index is 12.8. The van der Waals surface area contributed by atoms with Gasteiger partial charge in [-0.25, -0.2) is 4.98 Å². The summed E-state index contributed by atoms with van der Waals surface area (Å²) in [6, 6.07) is 7.23. The van der Waals surface area contributed by atoms with Gasteiger partial charge in [-0.05, 0) is 45.5 Å². The van der Waals surface area contributed by atoms with Crippen LogP contribution in [0.15, 0.2) is 42.6 Å². The van der Waals surface area contributed by atoms with Crippen LogP contribution in [0.25, 0.3) is 0 Å². The molecule has 1 aromatic heterocycles. The van der Waals surface area contributed by atoms with Gasteiger partial charge < -0.3 is 14.8 Å². The lowest BCUT2D eigenvalue weighted by Crippen LogP contribution is -2.41. The Kier molecular flexibility index (Phi) is 5.92. The Morgan fingerprint density at radius 2 is 2.03 bits per heavy atom. The number of para-hydroxylation sites is 1. The molecular formula is C22H26ClN5O2.